The van der Waals surface area contributed by atoms with Gasteiger partial charge in [-0.2, -0.15) is 0 Å². The fraction of sp³-hybridized carbons (Fsp3) is 0.500. The summed E-state index contributed by atoms with van der Waals surface area (Å²) in [6, 6.07) is 10.5. The number of hydrogen-bond acceptors (Lipinski definition) is 6. The Morgan fingerprint density at radius 2 is 1.87 bits per heavy atom. The molecule has 9 nitrogen and oxygen atoms in total. The van der Waals surface area contributed by atoms with Crippen molar-refractivity contribution < 1.29 is 23.8 Å². The van der Waals surface area contributed by atoms with Crippen molar-refractivity contribution in [2.75, 3.05) is 13.2 Å². The Hall–Kier alpha value is -3.75. The smallest absolute Gasteiger partial charge is 0.251 e. The summed E-state index contributed by atoms with van der Waals surface area (Å²) in [5.74, 6) is 1.90. The van der Waals surface area contributed by atoms with Crippen LogP contribution in [0, 0.1) is 5.41 Å². The van der Waals surface area contributed by atoms with Gasteiger partial charge in [-0.25, -0.2) is 0 Å². The highest BCUT2D eigenvalue weighted by Crippen LogP contribution is 2.43. The number of rotatable bonds is 1. The van der Waals surface area contributed by atoms with Crippen molar-refractivity contribution >= 4 is 17.8 Å². The molecule has 5 heterocycles. The molecular weight excluding hydrogens is 496 g/mol. The van der Waals surface area contributed by atoms with Gasteiger partial charge in [0, 0.05) is 35.1 Å². The van der Waals surface area contributed by atoms with E-state index >= 15 is 0 Å². The molecule has 0 spiro atoms. The highest BCUT2D eigenvalue weighted by molar-refractivity contribution is 6.00. The Kier molecular flexibility index (Phi) is 6.19. The van der Waals surface area contributed by atoms with Crippen molar-refractivity contribution in [1.29, 1.82) is 5.41 Å². The van der Waals surface area contributed by atoms with Crippen molar-refractivity contribution in [3.63, 3.8) is 0 Å². The summed E-state index contributed by atoms with van der Waals surface area (Å²) < 4.78 is 18.3. The highest BCUT2D eigenvalue weighted by atomic mass is 16.5. The third kappa shape index (κ3) is 4.68. The average Bonchev–Trinajstić information content (AvgIpc) is 2.90. The van der Waals surface area contributed by atoms with Crippen molar-refractivity contribution in [3.05, 3.63) is 53.1 Å². The Morgan fingerprint density at radius 3 is 2.67 bits per heavy atom. The summed E-state index contributed by atoms with van der Waals surface area (Å²) >= 11 is 0. The van der Waals surface area contributed by atoms with E-state index in [0.29, 0.717) is 56.0 Å². The van der Waals surface area contributed by atoms with Gasteiger partial charge in [-0.05, 0) is 69.5 Å². The van der Waals surface area contributed by atoms with Gasteiger partial charge in [-0.3, -0.25) is 19.9 Å². The predicted molar refractivity (Wildman–Crippen MR) is 145 cm³/mol. The van der Waals surface area contributed by atoms with E-state index in [0.717, 1.165) is 29.7 Å². The molecule has 9 heteroatoms. The molecule has 5 aliphatic heterocycles. The predicted octanol–water partition coefficient (Wildman–Crippen LogP) is 4.62. The minimum Gasteiger partial charge on any atom is -0.494 e. The Labute approximate surface area is 228 Å². The van der Waals surface area contributed by atoms with E-state index in [1.54, 1.807) is 17.0 Å². The number of guanidine groups is 1. The largest absolute Gasteiger partial charge is 0.494 e. The zero-order chi connectivity index (χ0) is 27.4. The van der Waals surface area contributed by atoms with Gasteiger partial charge >= 0.3 is 0 Å². The van der Waals surface area contributed by atoms with E-state index in [4.69, 9.17) is 19.6 Å². The topological polar surface area (TPSA) is 113 Å². The summed E-state index contributed by atoms with van der Waals surface area (Å²) in [5, 5.41) is 15.5. The van der Waals surface area contributed by atoms with Gasteiger partial charge in [0.2, 0.25) is 5.91 Å². The van der Waals surface area contributed by atoms with E-state index in [9.17, 15) is 9.59 Å². The Balaban J connectivity index is 1.42. The standard InChI is InChI=1S/C30H36N4O5/c1-4-30-11-5-12-37-19-7-9-25-20(15-19)22(16-29(2,3)39-25)32-27(36)18-6-8-24-21(14-18)23(10-13-38-24)34(26(35)17-30)28(31)33-30/h6-9,14-15,22-23H,4-5,10-13,16-17H2,1-3H3,(H2,31,33)(H,32,36)/t22-,23+,30+/m0/s1. The fourth-order valence-corrected chi connectivity index (χ4v) is 6.40. The van der Waals surface area contributed by atoms with Crippen molar-refractivity contribution in [2.45, 2.75) is 82.5 Å². The molecule has 0 radical (unpaired) electrons. The van der Waals surface area contributed by atoms with Crippen molar-refractivity contribution in [2.24, 2.45) is 0 Å². The second-order valence-electron chi connectivity index (χ2n) is 11.7. The number of ether oxygens (including phenoxy) is 3. The minimum absolute atomic E-state index is 0.0833. The van der Waals surface area contributed by atoms with Crippen molar-refractivity contribution in [3.8, 4) is 17.2 Å². The summed E-state index contributed by atoms with van der Waals surface area (Å²) in [5.41, 5.74) is 1.19. The first kappa shape index (κ1) is 25.5. The first-order chi connectivity index (χ1) is 18.7. The van der Waals surface area contributed by atoms with Crippen LogP contribution in [0.5, 0.6) is 17.2 Å². The Morgan fingerprint density at radius 1 is 1.05 bits per heavy atom. The van der Waals surface area contributed by atoms with Gasteiger partial charge in [0.05, 0.1) is 31.7 Å². The molecule has 7 rings (SSSR count). The molecule has 3 N–H and O–H groups in total. The molecule has 0 aliphatic carbocycles. The summed E-state index contributed by atoms with van der Waals surface area (Å²) in [4.78, 5) is 28.8. The molecule has 0 unspecified atom stereocenters. The minimum atomic E-state index is -0.491. The number of carbonyl (C=O) groups excluding carboxylic acids is 2. The van der Waals surface area contributed by atoms with Gasteiger partial charge in [-0.15, -0.1) is 0 Å². The second kappa shape index (κ2) is 9.47. The van der Waals surface area contributed by atoms with Gasteiger partial charge < -0.3 is 24.8 Å². The zero-order valence-corrected chi connectivity index (χ0v) is 22.8. The summed E-state index contributed by atoms with van der Waals surface area (Å²) in [6.07, 6.45) is 3.61. The number of benzene rings is 2. The van der Waals surface area contributed by atoms with Crippen LogP contribution in [-0.2, 0) is 4.79 Å². The number of nitrogens with one attached hydrogen (secondary N) is 3. The van der Waals surface area contributed by atoms with Crippen LogP contribution in [0.1, 0.15) is 92.9 Å². The molecule has 2 aromatic rings. The molecule has 0 saturated carbocycles. The fourth-order valence-electron chi connectivity index (χ4n) is 6.40. The average molecular weight is 533 g/mol. The van der Waals surface area contributed by atoms with Crippen LogP contribution in [-0.4, -0.2) is 47.0 Å². The van der Waals surface area contributed by atoms with E-state index in [2.05, 4.69) is 17.6 Å². The van der Waals surface area contributed by atoms with E-state index in [1.165, 1.54) is 0 Å². The van der Waals surface area contributed by atoms with Crippen LogP contribution in [0.3, 0.4) is 0 Å². The first-order valence-corrected chi connectivity index (χ1v) is 13.9. The number of nitrogens with zero attached hydrogens (tertiary/aromatic N) is 1. The first-order valence-electron chi connectivity index (χ1n) is 13.9. The quantitative estimate of drug-likeness (QED) is 0.494. The molecule has 0 aromatic heterocycles. The molecule has 39 heavy (non-hydrogen) atoms. The van der Waals surface area contributed by atoms with Crippen LogP contribution < -0.4 is 24.8 Å². The molecule has 2 amide bonds. The van der Waals surface area contributed by atoms with Crippen LogP contribution in [0.15, 0.2) is 36.4 Å². The summed E-state index contributed by atoms with van der Waals surface area (Å²) in [7, 11) is 0. The maximum Gasteiger partial charge on any atom is 0.251 e. The summed E-state index contributed by atoms with van der Waals surface area (Å²) in [6.45, 7) is 7.01. The molecule has 206 valence electrons. The lowest BCUT2D eigenvalue weighted by Crippen LogP contribution is -2.63. The number of amides is 2. The number of hydrogen-bond donors (Lipinski definition) is 3. The lowest BCUT2D eigenvalue weighted by molar-refractivity contribution is -0.133. The maximum atomic E-state index is 13.6. The molecule has 2 aromatic carbocycles. The van der Waals surface area contributed by atoms with E-state index < -0.39 is 11.1 Å². The van der Waals surface area contributed by atoms with Gasteiger partial charge in [0.25, 0.3) is 5.91 Å². The molecule has 1 fully saturated rings. The lowest BCUT2D eigenvalue weighted by atomic mass is 9.84. The number of carbonyl (C=O) groups is 2. The molecule has 3 atom stereocenters. The van der Waals surface area contributed by atoms with Crippen LogP contribution >= 0.6 is 0 Å². The third-order valence-electron chi connectivity index (χ3n) is 8.46. The molecule has 6 bridgehead atoms. The van der Waals surface area contributed by atoms with E-state index in [-0.39, 0.29) is 29.9 Å². The second-order valence-corrected chi connectivity index (χ2v) is 11.7. The van der Waals surface area contributed by atoms with Crippen LogP contribution in [0.2, 0.25) is 0 Å². The van der Waals surface area contributed by atoms with Gasteiger partial charge in [-0.1, -0.05) is 6.92 Å². The van der Waals surface area contributed by atoms with Crippen LogP contribution in [0.4, 0.5) is 0 Å². The third-order valence-corrected chi connectivity index (χ3v) is 8.46. The van der Waals surface area contributed by atoms with Crippen LogP contribution in [0.25, 0.3) is 0 Å². The monoisotopic (exact) mass is 532 g/mol. The van der Waals surface area contributed by atoms with Crippen molar-refractivity contribution in [1.82, 2.24) is 15.5 Å². The van der Waals surface area contributed by atoms with Gasteiger partial charge in [0.1, 0.15) is 22.8 Å². The molecule has 1 saturated heterocycles. The Bertz CT molecular complexity index is 1320. The number of fused-ring (bicyclic) bond motifs is 6. The maximum absolute atomic E-state index is 13.6. The van der Waals surface area contributed by atoms with E-state index in [1.807, 2.05) is 38.1 Å². The molecule has 5 aliphatic rings. The lowest BCUT2D eigenvalue weighted by Gasteiger charge is -2.46. The normalized spacial score (nSPS) is 27.7. The highest BCUT2D eigenvalue weighted by Gasteiger charge is 2.44. The molecular formula is C30H36N4O5. The zero-order valence-electron chi connectivity index (χ0n) is 22.8. The SMILES string of the molecule is CC[C@]12CCCOc3ccc4c(c3)[C@H](CC(C)(C)O4)NC(=O)c3ccc4c(c3)[C@@H](CCO4)N(C(=N)N1)C(=O)C2. The van der Waals surface area contributed by atoms with Gasteiger partial charge in [0.15, 0.2) is 5.96 Å².